The molecule has 0 bridgehead atoms. The fourth-order valence-electron chi connectivity index (χ4n) is 9.72. The number of aromatic amines is 1. The minimum absolute atomic E-state index is 0.192. The van der Waals surface area contributed by atoms with E-state index >= 15 is 0 Å². The monoisotopic (exact) mass is 1130 g/mol. The first kappa shape index (κ1) is 55.7. The number of nitrogens with zero attached hydrogens (tertiary/aromatic N) is 7. The average Bonchev–Trinajstić information content (AvgIpc) is 2.81. The summed E-state index contributed by atoms with van der Waals surface area (Å²) in [4.78, 5) is 50.2. The van der Waals surface area contributed by atoms with Crippen molar-refractivity contribution in [1.82, 2.24) is 39.5 Å². The lowest BCUT2D eigenvalue weighted by Crippen LogP contribution is -2.26. The van der Waals surface area contributed by atoms with E-state index < -0.39 is 11.5 Å². The molecular formula is C64H55ClN10O8. The highest BCUT2D eigenvalue weighted by Crippen LogP contribution is 2.42. The minimum atomic E-state index is -0.738. The number of carbonyl (C=O) groups excluding carboxylic acids is 4. The largest absolute Gasteiger partial charge is 0.497 e. The maximum atomic E-state index is 14.3. The predicted octanol–water partition coefficient (Wildman–Crippen LogP) is 13.2. The maximum Gasteiger partial charge on any atom is 0.434 e. The molecule has 0 spiro atoms. The van der Waals surface area contributed by atoms with Gasteiger partial charge in [0.05, 0.1) is 56.2 Å². The number of ether oxygens (including phenoxy) is 4. The molecule has 0 fully saturated rings. The number of methoxy groups -OCH3 is 2. The molecule has 0 atom stereocenters. The zero-order chi connectivity index (χ0) is 57.8. The zero-order valence-corrected chi connectivity index (χ0v) is 46.3. The molecule has 416 valence electrons. The lowest BCUT2D eigenvalue weighted by Gasteiger charge is -2.22. The maximum absolute atomic E-state index is 14.3. The van der Waals surface area contributed by atoms with Gasteiger partial charge in [-0.05, 0) is 60.4 Å². The van der Waals surface area contributed by atoms with Crippen LogP contribution in [0.4, 0.5) is 21.2 Å². The molecule has 0 saturated carbocycles. The standard InChI is InChI=1S/C32H27N5O4.C29H23N5O2.C3H5ClO2/c1-3-41-32(39)36-19-18-27(34-36)33-25-20-26-29(21-10-6-4-7-11-21)30(23-12-8-5-9-13-23)35-37(26)31(38)28(25)22-14-16-24(40-2)17-15-22;1-36-22-14-12-20(13-15-22)26-23(31-25-16-17-30-32-25)18-24-27(19-8-4-2-5-9-19)28(33-34(24)29(26)35)21-10-6-3-7-11-21;1-2-6-3(4)5/h4-19H,3,20H2,1-2H3,(H,33,34);2-17H,18H2,1H3,(H2,30,31,32);2H2,1H3. The third kappa shape index (κ3) is 12.3. The highest BCUT2D eigenvalue weighted by atomic mass is 35.5. The third-order valence-electron chi connectivity index (χ3n) is 13.4. The second-order valence-electron chi connectivity index (χ2n) is 18.5. The van der Waals surface area contributed by atoms with Crippen LogP contribution in [0.15, 0.2) is 206 Å². The van der Waals surface area contributed by atoms with Crippen LogP contribution < -0.4 is 20.1 Å². The Morgan fingerprint density at radius 3 is 1.35 bits per heavy atom. The Bertz CT molecular complexity index is 3970. The lowest BCUT2D eigenvalue weighted by atomic mass is 9.92. The molecule has 18 nitrogen and oxygen atoms in total. The van der Waals surface area contributed by atoms with Crippen molar-refractivity contribution in [2.75, 3.05) is 38.1 Å². The first-order chi connectivity index (χ1) is 40.6. The van der Waals surface area contributed by atoms with Crippen LogP contribution in [0.1, 0.15) is 46.0 Å². The van der Waals surface area contributed by atoms with Gasteiger partial charge >= 0.3 is 11.5 Å². The molecule has 3 N–H and O–H groups in total. The molecule has 0 amide bonds. The van der Waals surface area contributed by atoms with E-state index in [2.05, 4.69) is 42.8 Å². The van der Waals surface area contributed by atoms with Gasteiger partial charge in [0, 0.05) is 76.4 Å². The van der Waals surface area contributed by atoms with Crippen LogP contribution in [-0.4, -0.2) is 90.3 Å². The molecule has 6 aromatic carbocycles. The smallest absolute Gasteiger partial charge is 0.434 e. The predicted molar refractivity (Wildman–Crippen MR) is 318 cm³/mol. The van der Waals surface area contributed by atoms with Crippen LogP contribution in [0.2, 0.25) is 0 Å². The van der Waals surface area contributed by atoms with Crippen molar-refractivity contribution in [3.8, 4) is 56.3 Å². The molecular weight excluding hydrogens is 1070 g/mol. The Kier molecular flexibility index (Phi) is 17.2. The Labute approximate surface area is 482 Å². The third-order valence-corrected chi connectivity index (χ3v) is 13.5. The molecule has 0 unspecified atom stereocenters. The molecule has 12 rings (SSSR count). The van der Waals surface area contributed by atoms with Crippen LogP contribution in [0.5, 0.6) is 11.5 Å². The number of anilines is 2. The van der Waals surface area contributed by atoms with Crippen LogP contribution in [0.25, 0.3) is 55.9 Å². The number of benzene rings is 6. The summed E-state index contributed by atoms with van der Waals surface area (Å²) in [7, 11) is 3.22. The van der Waals surface area contributed by atoms with Gasteiger partial charge < -0.3 is 29.6 Å². The fourth-order valence-corrected chi connectivity index (χ4v) is 9.83. The van der Waals surface area contributed by atoms with Crippen molar-refractivity contribution in [3.05, 3.63) is 228 Å². The van der Waals surface area contributed by atoms with Crippen molar-refractivity contribution in [2.45, 2.75) is 26.7 Å². The van der Waals surface area contributed by atoms with Crippen molar-refractivity contribution < 1.29 is 38.1 Å². The lowest BCUT2D eigenvalue weighted by molar-refractivity contribution is 0.0950. The number of hydrogen-bond donors (Lipinski definition) is 3. The molecule has 4 aromatic heterocycles. The quantitative estimate of drug-likeness (QED) is 0.0865. The number of nitrogens with one attached hydrogen (secondary N) is 3. The number of allylic oxidation sites excluding steroid dienone is 4. The number of aromatic nitrogens is 8. The topological polar surface area (TPSA) is 211 Å². The van der Waals surface area contributed by atoms with Gasteiger partial charge in [0.1, 0.15) is 28.7 Å². The van der Waals surface area contributed by atoms with E-state index in [1.165, 1.54) is 10.9 Å². The summed E-state index contributed by atoms with van der Waals surface area (Å²) >= 11 is 4.72. The molecule has 0 radical (unpaired) electrons. The number of H-pyrrole nitrogens is 1. The van der Waals surface area contributed by atoms with E-state index in [1.54, 1.807) is 45.0 Å². The van der Waals surface area contributed by atoms with Gasteiger partial charge in [-0.15, -0.1) is 5.10 Å². The van der Waals surface area contributed by atoms with Crippen LogP contribution in [0.3, 0.4) is 0 Å². The van der Waals surface area contributed by atoms with Gasteiger partial charge in [-0.25, -0.2) is 9.59 Å². The van der Waals surface area contributed by atoms with Crippen LogP contribution in [-0.2, 0) is 22.3 Å². The average molecular weight is 1130 g/mol. The normalized spacial score (nSPS) is 12.4. The molecule has 0 saturated heterocycles. The van der Waals surface area contributed by atoms with E-state index in [0.717, 1.165) is 77.8 Å². The molecule has 2 aliphatic rings. The minimum Gasteiger partial charge on any atom is -0.497 e. The fraction of sp³-hybridized carbons (Fsp3) is 0.125. The van der Waals surface area contributed by atoms with Gasteiger partial charge in [0.2, 0.25) is 0 Å². The summed E-state index contributed by atoms with van der Waals surface area (Å²) in [6.45, 7) is 4.01. The van der Waals surface area contributed by atoms with E-state index in [-0.39, 0.29) is 18.4 Å². The van der Waals surface area contributed by atoms with Crippen molar-refractivity contribution in [3.63, 3.8) is 0 Å². The second kappa shape index (κ2) is 25.7. The molecule has 6 heterocycles. The highest BCUT2D eigenvalue weighted by Gasteiger charge is 2.35. The summed E-state index contributed by atoms with van der Waals surface area (Å²) in [6.07, 6.45) is 3.46. The number of halogens is 1. The Balaban J connectivity index is 0.000000170. The van der Waals surface area contributed by atoms with Gasteiger partial charge in [-0.1, -0.05) is 146 Å². The van der Waals surface area contributed by atoms with E-state index in [1.807, 2.05) is 164 Å². The van der Waals surface area contributed by atoms with Gasteiger partial charge in [-0.3, -0.25) is 14.7 Å². The van der Waals surface area contributed by atoms with E-state index in [0.29, 0.717) is 59.2 Å². The second-order valence-corrected chi connectivity index (χ2v) is 18.8. The highest BCUT2D eigenvalue weighted by molar-refractivity contribution is 6.61. The van der Waals surface area contributed by atoms with Gasteiger partial charge in [-0.2, -0.15) is 29.3 Å². The Morgan fingerprint density at radius 2 is 0.964 bits per heavy atom. The van der Waals surface area contributed by atoms with Crippen molar-refractivity contribution in [2.24, 2.45) is 0 Å². The van der Waals surface area contributed by atoms with Gasteiger partial charge in [0.25, 0.3) is 11.8 Å². The Morgan fingerprint density at radius 1 is 0.530 bits per heavy atom. The number of fused-ring (bicyclic) bond motifs is 2. The van der Waals surface area contributed by atoms with Crippen LogP contribution >= 0.6 is 11.6 Å². The number of rotatable bonds is 14. The van der Waals surface area contributed by atoms with Crippen LogP contribution in [0, 0.1) is 0 Å². The summed E-state index contributed by atoms with van der Waals surface area (Å²) in [6, 6.07) is 58.2. The zero-order valence-electron chi connectivity index (χ0n) is 45.6. The molecule has 83 heavy (non-hydrogen) atoms. The number of carbonyl (C=O) groups is 4. The molecule has 10 aromatic rings. The molecule has 0 aliphatic carbocycles. The van der Waals surface area contributed by atoms with Crippen molar-refractivity contribution >= 4 is 57.7 Å². The SMILES string of the molecule is CCOC(=O)Cl.CCOC(=O)n1ccc(NC2=C(c3ccc(OC)cc3)C(=O)n3nc(-c4ccccc4)c(-c4ccccc4)c3C2)n1.COc1ccc(C2=C(Nc3ccn[nH]3)Cc3c(-c4ccccc4)c(-c4ccccc4)nn3C2=O)cc1. The summed E-state index contributed by atoms with van der Waals surface area (Å²) in [5.74, 6) is 2.05. The van der Waals surface area contributed by atoms with E-state index in [9.17, 15) is 19.2 Å². The first-order valence-electron chi connectivity index (χ1n) is 26.5. The summed E-state index contributed by atoms with van der Waals surface area (Å²) in [5.41, 5.74) is 11.9. The van der Waals surface area contributed by atoms with Gasteiger partial charge in [0.15, 0.2) is 5.82 Å². The summed E-state index contributed by atoms with van der Waals surface area (Å²) in [5, 5.41) is 27.8. The summed E-state index contributed by atoms with van der Waals surface area (Å²) < 4.78 is 24.1. The molecule has 2 aliphatic heterocycles. The number of hydrogen-bond acceptors (Lipinski definition) is 14. The Hall–Kier alpha value is -10.6. The van der Waals surface area contributed by atoms with E-state index in [4.69, 9.17) is 36.0 Å². The molecule has 19 heteroatoms. The van der Waals surface area contributed by atoms with Crippen molar-refractivity contribution in [1.29, 1.82) is 0 Å². The first-order valence-corrected chi connectivity index (χ1v) is 26.8.